The Hall–Kier alpha value is -4.15. The maximum absolute atomic E-state index is 13.4. The zero-order valence-corrected chi connectivity index (χ0v) is 20.4. The average molecular weight is 497 g/mol. The molecule has 4 rings (SSSR count). The number of nitrogens with zero attached hydrogens (tertiary/aromatic N) is 6. The van der Waals surface area contributed by atoms with Gasteiger partial charge >= 0.3 is 5.97 Å². The van der Waals surface area contributed by atoms with Gasteiger partial charge in [-0.25, -0.2) is 23.2 Å². The van der Waals surface area contributed by atoms with Gasteiger partial charge in [0.1, 0.15) is 30.2 Å². The van der Waals surface area contributed by atoms with Crippen molar-refractivity contribution >= 4 is 5.97 Å². The molecule has 0 aliphatic carbocycles. The third-order valence-electron chi connectivity index (χ3n) is 4.92. The summed E-state index contributed by atoms with van der Waals surface area (Å²) < 4.78 is 40.4. The molecule has 0 radical (unpaired) electrons. The number of aromatic nitrogens is 6. The predicted molar refractivity (Wildman–Crippen MR) is 127 cm³/mol. The number of pyridine rings is 1. The van der Waals surface area contributed by atoms with E-state index in [0.29, 0.717) is 23.6 Å². The molecule has 0 atom stereocenters. The minimum absolute atomic E-state index is 0.0429. The molecule has 36 heavy (non-hydrogen) atoms. The second kappa shape index (κ2) is 10.2. The van der Waals surface area contributed by atoms with Crippen LogP contribution in [-0.4, -0.2) is 47.5 Å². The molecule has 0 saturated carbocycles. The summed E-state index contributed by atoms with van der Waals surface area (Å²) in [6.07, 6.45) is 0.733. The van der Waals surface area contributed by atoms with Crippen LogP contribution in [0.15, 0.2) is 54.9 Å². The quantitative estimate of drug-likeness (QED) is 0.330. The number of halogens is 2. The zero-order valence-electron chi connectivity index (χ0n) is 20.4. The van der Waals surface area contributed by atoms with E-state index in [1.54, 1.807) is 64.5 Å². The van der Waals surface area contributed by atoms with Gasteiger partial charge in [0.2, 0.25) is 0 Å². The highest BCUT2D eigenvalue weighted by atomic mass is 19.3. The summed E-state index contributed by atoms with van der Waals surface area (Å²) in [5, 5.41) is 8.50. The van der Waals surface area contributed by atoms with Crippen molar-refractivity contribution in [2.24, 2.45) is 7.05 Å². The number of esters is 1. The van der Waals surface area contributed by atoms with Crippen LogP contribution in [0.4, 0.5) is 8.78 Å². The van der Waals surface area contributed by atoms with E-state index in [4.69, 9.17) is 9.47 Å². The topological polar surface area (TPSA) is 97.0 Å². The Balaban J connectivity index is 1.64. The molecule has 0 fully saturated rings. The van der Waals surface area contributed by atoms with E-state index >= 15 is 0 Å². The maximum atomic E-state index is 13.4. The first kappa shape index (κ1) is 25.0. The summed E-state index contributed by atoms with van der Waals surface area (Å²) in [5.41, 5.74) is 1.17. The molecular formula is C25H26F2N6O3. The van der Waals surface area contributed by atoms with Crippen molar-refractivity contribution in [3.05, 3.63) is 66.1 Å². The lowest BCUT2D eigenvalue weighted by Crippen LogP contribution is -2.24. The largest absolute Gasteiger partial charge is 0.489 e. The van der Waals surface area contributed by atoms with Gasteiger partial charge in [-0.15, -0.1) is 0 Å². The Morgan fingerprint density at radius 3 is 2.61 bits per heavy atom. The number of ether oxygens (including phenoxy) is 2. The number of alkyl halides is 2. The van der Waals surface area contributed by atoms with Crippen LogP contribution in [0.3, 0.4) is 0 Å². The van der Waals surface area contributed by atoms with E-state index in [9.17, 15) is 13.6 Å². The molecule has 0 N–H and O–H groups in total. The van der Waals surface area contributed by atoms with E-state index in [-0.39, 0.29) is 17.3 Å². The minimum atomic E-state index is -2.66. The summed E-state index contributed by atoms with van der Waals surface area (Å²) in [5.74, 6) is 0.327. The lowest BCUT2D eigenvalue weighted by atomic mass is 10.2. The number of hydrogen-bond acceptors (Lipinski definition) is 7. The molecule has 4 aromatic rings. The van der Waals surface area contributed by atoms with Crippen LogP contribution in [0.2, 0.25) is 0 Å². The fraction of sp³-hybridized carbons (Fsp3) is 0.320. The van der Waals surface area contributed by atoms with Gasteiger partial charge in [0.05, 0.1) is 0 Å². The normalized spacial score (nSPS) is 11.6. The molecule has 0 aliphatic heterocycles. The molecular weight excluding hydrogens is 470 g/mol. The number of rotatable bonds is 8. The van der Waals surface area contributed by atoms with Crippen LogP contribution in [0.1, 0.15) is 36.8 Å². The van der Waals surface area contributed by atoms with Crippen molar-refractivity contribution in [3.63, 3.8) is 0 Å². The van der Waals surface area contributed by atoms with Crippen LogP contribution >= 0.6 is 0 Å². The standard InChI is InChI=1S/C25H26F2N6O3/c1-25(2,3)36-24(34)19-12-20(32(4)30-19)23-29-22(31-33(23)14-21(26)27)17-8-5-9-18(11-17)35-15-16-7-6-10-28-13-16/h5-13,21H,14-15H2,1-4H3. The van der Waals surface area contributed by atoms with Crippen LogP contribution in [0.5, 0.6) is 5.75 Å². The monoisotopic (exact) mass is 496 g/mol. The van der Waals surface area contributed by atoms with Crippen molar-refractivity contribution in [1.82, 2.24) is 29.5 Å². The van der Waals surface area contributed by atoms with Crippen molar-refractivity contribution in [1.29, 1.82) is 0 Å². The van der Waals surface area contributed by atoms with E-state index in [1.807, 2.05) is 12.1 Å². The molecule has 188 valence electrons. The summed E-state index contributed by atoms with van der Waals surface area (Å²) in [7, 11) is 1.59. The van der Waals surface area contributed by atoms with E-state index in [2.05, 4.69) is 20.2 Å². The molecule has 9 nitrogen and oxygen atoms in total. The summed E-state index contributed by atoms with van der Waals surface area (Å²) >= 11 is 0. The predicted octanol–water partition coefficient (Wildman–Crippen LogP) is 4.54. The van der Waals surface area contributed by atoms with Gasteiger partial charge in [-0.3, -0.25) is 9.67 Å². The summed E-state index contributed by atoms with van der Waals surface area (Å²) in [4.78, 5) is 21.0. The van der Waals surface area contributed by atoms with Gasteiger partial charge in [0, 0.05) is 36.6 Å². The van der Waals surface area contributed by atoms with Gasteiger partial charge in [-0.05, 0) is 39.0 Å². The van der Waals surface area contributed by atoms with Gasteiger partial charge in [0.25, 0.3) is 6.43 Å². The Labute approximate surface area is 206 Å². The number of carbonyl (C=O) groups excluding carboxylic acids is 1. The highest BCUT2D eigenvalue weighted by Crippen LogP contribution is 2.27. The maximum Gasteiger partial charge on any atom is 0.359 e. The molecule has 0 aliphatic rings. The van der Waals surface area contributed by atoms with E-state index < -0.39 is 24.5 Å². The minimum Gasteiger partial charge on any atom is -0.489 e. The highest BCUT2D eigenvalue weighted by Gasteiger charge is 2.25. The van der Waals surface area contributed by atoms with Gasteiger partial charge < -0.3 is 9.47 Å². The number of carbonyl (C=O) groups is 1. The molecule has 1 aromatic carbocycles. The van der Waals surface area contributed by atoms with Crippen LogP contribution in [-0.2, 0) is 24.9 Å². The third kappa shape index (κ3) is 6.09. The van der Waals surface area contributed by atoms with Gasteiger partial charge in [0.15, 0.2) is 17.3 Å². The lowest BCUT2D eigenvalue weighted by molar-refractivity contribution is 0.00619. The fourth-order valence-electron chi connectivity index (χ4n) is 3.39. The Bertz CT molecular complexity index is 1350. The highest BCUT2D eigenvalue weighted by molar-refractivity contribution is 5.88. The molecule has 0 unspecified atom stereocenters. The summed E-state index contributed by atoms with van der Waals surface area (Å²) in [6, 6.07) is 12.2. The third-order valence-corrected chi connectivity index (χ3v) is 4.92. The second-order valence-electron chi connectivity index (χ2n) is 9.05. The Kier molecular flexibility index (Phi) is 7.09. The van der Waals surface area contributed by atoms with Gasteiger partial charge in [-0.1, -0.05) is 18.2 Å². The lowest BCUT2D eigenvalue weighted by Gasteiger charge is -2.18. The van der Waals surface area contributed by atoms with Crippen LogP contribution in [0, 0.1) is 0 Å². The first-order valence-electron chi connectivity index (χ1n) is 11.2. The molecule has 0 spiro atoms. The number of aryl methyl sites for hydroxylation is 1. The van der Waals surface area contributed by atoms with Crippen molar-refractivity contribution < 1.29 is 23.0 Å². The van der Waals surface area contributed by atoms with E-state index in [1.165, 1.54) is 10.7 Å². The average Bonchev–Trinajstić information content (AvgIpc) is 3.40. The molecule has 11 heteroatoms. The molecule has 0 saturated heterocycles. The molecule has 3 aromatic heterocycles. The SMILES string of the molecule is Cn1nc(C(=O)OC(C)(C)C)cc1-c1nc(-c2cccc(OCc3cccnc3)c2)nn1CC(F)F. The second-order valence-corrected chi connectivity index (χ2v) is 9.05. The number of hydrogen-bond donors (Lipinski definition) is 0. The number of benzene rings is 1. The Morgan fingerprint density at radius 2 is 1.92 bits per heavy atom. The van der Waals surface area contributed by atoms with Crippen LogP contribution in [0.25, 0.3) is 22.9 Å². The smallest absolute Gasteiger partial charge is 0.359 e. The van der Waals surface area contributed by atoms with Crippen molar-refractivity contribution in [3.8, 4) is 28.7 Å². The molecule has 0 bridgehead atoms. The van der Waals surface area contributed by atoms with Gasteiger partial charge in [-0.2, -0.15) is 10.2 Å². The Morgan fingerprint density at radius 1 is 1.11 bits per heavy atom. The first-order chi connectivity index (χ1) is 17.1. The fourth-order valence-corrected chi connectivity index (χ4v) is 3.39. The van der Waals surface area contributed by atoms with Crippen molar-refractivity contribution in [2.45, 2.75) is 45.9 Å². The molecule has 3 heterocycles. The van der Waals surface area contributed by atoms with Crippen molar-refractivity contribution in [2.75, 3.05) is 0 Å². The zero-order chi connectivity index (χ0) is 25.9. The summed E-state index contributed by atoms with van der Waals surface area (Å²) in [6.45, 7) is 4.88. The van der Waals surface area contributed by atoms with E-state index in [0.717, 1.165) is 10.2 Å². The molecule has 0 amide bonds. The first-order valence-corrected chi connectivity index (χ1v) is 11.2. The van der Waals surface area contributed by atoms with Crippen LogP contribution < -0.4 is 4.74 Å².